The van der Waals surface area contributed by atoms with E-state index in [4.69, 9.17) is 5.73 Å². The number of anilines is 1. The van der Waals surface area contributed by atoms with Crippen molar-refractivity contribution < 1.29 is 9.18 Å². The molecule has 0 radical (unpaired) electrons. The molecule has 0 amide bonds. The molecule has 0 saturated heterocycles. The van der Waals surface area contributed by atoms with Crippen molar-refractivity contribution >= 4 is 38.4 Å². The SMILES string of the molecule is Nc1cccc(C(=O)c2c[nH]c3ncc(Br)cc23)c1F. The van der Waals surface area contributed by atoms with Crippen molar-refractivity contribution in [2.45, 2.75) is 0 Å². The largest absolute Gasteiger partial charge is 0.396 e. The number of nitrogens with two attached hydrogens (primary N) is 1. The smallest absolute Gasteiger partial charge is 0.198 e. The number of hydrogen-bond acceptors (Lipinski definition) is 3. The predicted molar refractivity (Wildman–Crippen MR) is 78.0 cm³/mol. The lowest BCUT2D eigenvalue weighted by Gasteiger charge is -2.03. The summed E-state index contributed by atoms with van der Waals surface area (Å²) in [5.41, 5.74) is 6.33. The number of aromatic nitrogens is 2. The standard InChI is InChI=1S/C14H9BrFN3O/c15-7-4-9-10(6-19-14(9)18-5-7)13(20)8-2-1-3-11(17)12(8)16/h1-6H,17H2,(H,18,19). The molecule has 0 aliphatic carbocycles. The fraction of sp³-hybridized carbons (Fsp3) is 0. The molecule has 0 fully saturated rings. The van der Waals surface area contributed by atoms with Crippen LogP contribution in [0.15, 0.2) is 41.1 Å². The molecule has 0 unspecified atom stereocenters. The second kappa shape index (κ2) is 4.72. The summed E-state index contributed by atoms with van der Waals surface area (Å²) in [5.74, 6) is -1.13. The highest BCUT2D eigenvalue weighted by atomic mass is 79.9. The second-order valence-corrected chi connectivity index (χ2v) is 5.21. The molecule has 1 aromatic carbocycles. The molecule has 0 saturated carbocycles. The number of halogens is 2. The van der Waals surface area contributed by atoms with E-state index in [1.165, 1.54) is 18.3 Å². The Hall–Kier alpha value is -2.21. The van der Waals surface area contributed by atoms with Gasteiger partial charge in [-0.1, -0.05) is 6.07 Å². The summed E-state index contributed by atoms with van der Waals surface area (Å²) in [6.07, 6.45) is 3.14. The molecule has 2 aromatic heterocycles. The van der Waals surface area contributed by atoms with Crippen LogP contribution in [-0.2, 0) is 0 Å². The Labute approximate surface area is 121 Å². The number of nitrogen functional groups attached to an aromatic ring is 1. The van der Waals surface area contributed by atoms with E-state index in [-0.39, 0.29) is 11.3 Å². The molecule has 20 heavy (non-hydrogen) atoms. The zero-order valence-electron chi connectivity index (χ0n) is 10.2. The monoisotopic (exact) mass is 333 g/mol. The Bertz CT molecular complexity index is 828. The number of benzene rings is 1. The maximum Gasteiger partial charge on any atom is 0.198 e. The number of pyridine rings is 1. The minimum absolute atomic E-state index is 0.0463. The van der Waals surface area contributed by atoms with E-state index in [9.17, 15) is 9.18 Å². The van der Waals surface area contributed by atoms with Crippen LogP contribution in [0.3, 0.4) is 0 Å². The summed E-state index contributed by atoms with van der Waals surface area (Å²) in [6.45, 7) is 0. The second-order valence-electron chi connectivity index (χ2n) is 4.29. The van der Waals surface area contributed by atoms with Gasteiger partial charge in [0, 0.05) is 27.8 Å². The highest BCUT2D eigenvalue weighted by Gasteiger charge is 2.19. The minimum atomic E-state index is -0.699. The van der Waals surface area contributed by atoms with Crippen molar-refractivity contribution in [2.24, 2.45) is 0 Å². The van der Waals surface area contributed by atoms with Crippen LogP contribution >= 0.6 is 15.9 Å². The molecular weight excluding hydrogens is 325 g/mol. The third-order valence-corrected chi connectivity index (χ3v) is 3.45. The van der Waals surface area contributed by atoms with Gasteiger partial charge in [0.25, 0.3) is 0 Å². The normalized spacial score (nSPS) is 10.9. The van der Waals surface area contributed by atoms with E-state index < -0.39 is 11.6 Å². The van der Waals surface area contributed by atoms with Gasteiger partial charge < -0.3 is 10.7 Å². The molecule has 0 atom stereocenters. The number of carbonyl (C=O) groups excluding carboxylic acids is 1. The van der Waals surface area contributed by atoms with Crippen LogP contribution in [0.1, 0.15) is 15.9 Å². The maximum atomic E-state index is 13.9. The molecule has 3 aromatic rings. The number of carbonyl (C=O) groups is 1. The molecule has 3 N–H and O–H groups in total. The molecule has 2 heterocycles. The van der Waals surface area contributed by atoms with Gasteiger partial charge in [-0.15, -0.1) is 0 Å². The number of nitrogens with one attached hydrogen (secondary N) is 1. The molecule has 0 bridgehead atoms. The summed E-state index contributed by atoms with van der Waals surface area (Å²) in [7, 11) is 0. The van der Waals surface area contributed by atoms with Crippen molar-refractivity contribution in [3.8, 4) is 0 Å². The predicted octanol–water partition coefficient (Wildman–Crippen LogP) is 3.28. The Morgan fingerprint density at radius 3 is 2.95 bits per heavy atom. The number of H-pyrrole nitrogens is 1. The Morgan fingerprint density at radius 1 is 1.35 bits per heavy atom. The molecule has 6 heteroatoms. The van der Waals surface area contributed by atoms with Crippen LogP contribution in [0, 0.1) is 5.82 Å². The number of aromatic amines is 1. The lowest BCUT2D eigenvalue weighted by Crippen LogP contribution is -2.05. The van der Waals surface area contributed by atoms with E-state index in [1.807, 2.05) is 0 Å². The topological polar surface area (TPSA) is 71.8 Å². The minimum Gasteiger partial charge on any atom is -0.396 e. The van der Waals surface area contributed by atoms with Crippen molar-refractivity contribution in [1.82, 2.24) is 9.97 Å². The van der Waals surface area contributed by atoms with Gasteiger partial charge in [-0.05, 0) is 34.1 Å². The molecule has 0 aliphatic rings. The highest BCUT2D eigenvalue weighted by Crippen LogP contribution is 2.25. The quantitative estimate of drug-likeness (QED) is 0.558. The summed E-state index contributed by atoms with van der Waals surface area (Å²) in [4.78, 5) is 19.5. The molecule has 0 aliphatic heterocycles. The Morgan fingerprint density at radius 2 is 2.15 bits per heavy atom. The molecule has 3 rings (SSSR count). The van der Waals surface area contributed by atoms with Gasteiger partial charge in [-0.2, -0.15) is 0 Å². The van der Waals surface area contributed by atoms with Crippen LogP contribution in [0.25, 0.3) is 11.0 Å². The van der Waals surface area contributed by atoms with Crippen molar-refractivity contribution in [2.75, 3.05) is 5.73 Å². The number of nitrogens with zero attached hydrogens (tertiary/aromatic N) is 1. The van der Waals surface area contributed by atoms with Crippen LogP contribution in [-0.4, -0.2) is 15.8 Å². The first-order valence-corrected chi connectivity index (χ1v) is 6.58. The fourth-order valence-corrected chi connectivity index (χ4v) is 2.37. The summed E-state index contributed by atoms with van der Waals surface area (Å²) >= 11 is 3.30. The lowest BCUT2D eigenvalue weighted by molar-refractivity contribution is 0.103. The van der Waals surface area contributed by atoms with Gasteiger partial charge in [0.15, 0.2) is 11.6 Å². The number of hydrogen-bond donors (Lipinski definition) is 2. The number of rotatable bonds is 2. The molecule has 4 nitrogen and oxygen atoms in total. The first kappa shape index (κ1) is 12.8. The van der Waals surface area contributed by atoms with Crippen molar-refractivity contribution in [3.63, 3.8) is 0 Å². The molecular formula is C14H9BrFN3O. The lowest BCUT2D eigenvalue weighted by atomic mass is 10.0. The van der Waals surface area contributed by atoms with Crippen molar-refractivity contribution in [3.05, 3.63) is 58.1 Å². The van der Waals surface area contributed by atoms with Gasteiger partial charge in [-0.25, -0.2) is 9.37 Å². The fourth-order valence-electron chi connectivity index (χ4n) is 2.04. The van der Waals surface area contributed by atoms with E-state index in [0.29, 0.717) is 16.6 Å². The molecule has 0 spiro atoms. The average Bonchev–Trinajstić information content (AvgIpc) is 2.84. The highest BCUT2D eigenvalue weighted by molar-refractivity contribution is 9.10. The van der Waals surface area contributed by atoms with Crippen molar-refractivity contribution in [1.29, 1.82) is 0 Å². The summed E-state index contributed by atoms with van der Waals surface area (Å²) in [5, 5.41) is 0.631. The van der Waals surface area contributed by atoms with Crippen LogP contribution in [0.4, 0.5) is 10.1 Å². The summed E-state index contributed by atoms with van der Waals surface area (Å²) < 4.78 is 14.7. The first-order chi connectivity index (χ1) is 9.58. The van der Waals surface area contributed by atoms with Crippen LogP contribution in [0.5, 0.6) is 0 Å². The van der Waals surface area contributed by atoms with Gasteiger partial charge in [-0.3, -0.25) is 4.79 Å². The Kier molecular flexibility index (Phi) is 3.02. The third kappa shape index (κ3) is 1.98. The zero-order valence-corrected chi connectivity index (χ0v) is 11.7. The average molecular weight is 334 g/mol. The maximum absolute atomic E-state index is 13.9. The Balaban J connectivity index is 2.18. The number of ketones is 1. The zero-order chi connectivity index (χ0) is 14.3. The summed E-state index contributed by atoms with van der Waals surface area (Å²) in [6, 6.07) is 6.14. The van der Waals surface area contributed by atoms with E-state index in [2.05, 4.69) is 25.9 Å². The van der Waals surface area contributed by atoms with Gasteiger partial charge >= 0.3 is 0 Å². The number of fused-ring (bicyclic) bond motifs is 1. The van der Waals surface area contributed by atoms with Crippen LogP contribution < -0.4 is 5.73 Å². The van der Waals surface area contributed by atoms with E-state index in [0.717, 1.165) is 4.47 Å². The molecule has 100 valence electrons. The van der Waals surface area contributed by atoms with Gasteiger partial charge in [0.2, 0.25) is 0 Å². The van der Waals surface area contributed by atoms with E-state index >= 15 is 0 Å². The van der Waals surface area contributed by atoms with E-state index in [1.54, 1.807) is 18.3 Å². The van der Waals surface area contributed by atoms with Crippen LogP contribution in [0.2, 0.25) is 0 Å². The third-order valence-electron chi connectivity index (χ3n) is 3.02. The first-order valence-electron chi connectivity index (χ1n) is 5.79. The van der Waals surface area contributed by atoms with Gasteiger partial charge in [0.05, 0.1) is 11.3 Å². The van der Waals surface area contributed by atoms with Gasteiger partial charge in [0.1, 0.15) is 5.65 Å².